The van der Waals surface area contributed by atoms with Crippen LogP contribution < -0.4 is 5.32 Å². The minimum atomic E-state index is 0. The molecule has 0 atom stereocenters. The van der Waals surface area contributed by atoms with Crippen molar-refractivity contribution >= 4 is 30.7 Å². The normalized spacial score (nSPS) is 12.7. The van der Waals surface area contributed by atoms with E-state index in [0.717, 1.165) is 23.7 Å². The summed E-state index contributed by atoms with van der Waals surface area (Å²) >= 11 is 0. The monoisotopic (exact) mass is 395 g/mol. The van der Waals surface area contributed by atoms with Gasteiger partial charge in [0.15, 0.2) is 0 Å². The van der Waals surface area contributed by atoms with Crippen molar-refractivity contribution in [3.05, 3.63) is 65.5 Å². The smallest absolute Gasteiger partial charge is 0.237 e. The molecule has 1 aliphatic carbocycles. The molecule has 2 aromatic rings. The number of halogens is 2. The van der Waals surface area contributed by atoms with Crippen LogP contribution in [-0.2, 0) is 17.9 Å². The van der Waals surface area contributed by atoms with Crippen molar-refractivity contribution in [2.24, 2.45) is 5.92 Å². The highest BCUT2D eigenvalue weighted by molar-refractivity contribution is 5.85. The molecule has 6 heteroatoms. The van der Waals surface area contributed by atoms with Crippen LogP contribution in [0.4, 0.5) is 0 Å². The minimum Gasteiger partial charge on any atom is -0.331 e. The number of carbonyl (C=O) groups excluding carboxylic acids is 1. The fourth-order valence-electron chi connectivity index (χ4n) is 2.77. The van der Waals surface area contributed by atoms with Crippen LogP contribution in [0, 0.1) is 12.8 Å². The molecule has 142 valence electrons. The Morgan fingerprint density at radius 1 is 1.15 bits per heavy atom. The highest BCUT2D eigenvalue weighted by Gasteiger charge is 2.21. The number of carbonyl (C=O) groups is 1. The molecule has 1 heterocycles. The van der Waals surface area contributed by atoms with Crippen molar-refractivity contribution in [2.75, 3.05) is 13.1 Å². The van der Waals surface area contributed by atoms with Crippen LogP contribution in [0.5, 0.6) is 0 Å². The molecule has 1 amide bonds. The first-order valence-corrected chi connectivity index (χ1v) is 8.64. The summed E-state index contributed by atoms with van der Waals surface area (Å²) in [7, 11) is 0. The summed E-state index contributed by atoms with van der Waals surface area (Å²) in [5.41, 5.74) is 3.28. The molecule has 0 radical (unpaired) electrons. The summed E-state index contributed by atoms with van der Waals surface area (Å²) in [4.78, 5) is 18.9. The zero-order valence-corrected chi connectivity index (χ0v) is 16.7. The lowest BCUT2D eigenvalue weighted by Gasteiger charge is -2.23. The van der Waals surface area contributed by atoms with E-state index in [0.29, 0.717) is 19.6 Å². The Hall–Kier alpha value is -1.62. The van der Waals surface area contributed by atoms with E-state index in [9.17, 15) is 4.79 Å². The molecule has 1 N–H and O–H groups in total. The predicted molar refractivity (Wildman–Crippen MR) is 110 cm³/mol. The fourth-order valence-corrected chi connectivity index (χ4v) is 2.77. The van der Waals surface area contributed by atoms with E-state index in [1.807, 2.05) is 29.2 Å². The molecule has 0 unspecified atom stereocenters. The van der Waals surface area contributed by atoms with E-state index < -0.39 is 0 Å². The summed E-state index contributed by atoms with van der Waals surface area (Å²) in [5.74, 6) is 0.904. The van der Waals surface area contributed by atoms with Gasteiger partial charge in [-0.25, -0.2) is 0 Å². The van der Waals surface area contributed by atoms with E-state index in [1.165, 1.54) is 18.4 Å². The van der Waals surface area contributed by atoms with Crippen LogP contribution in [0.25, 0.3) is 0 Å². The van der Waals surface area contributed by atoms with Gasteiger partial charge in [-0.1, -0.05) is 35.9 Å². The van der Waals surface area contributed by atoms with Gasteiger partial charge < -0.3 is 10.2 Å². The Bertz CT molecular complexity index is 678. The zero-order valence-electron chi connectivity index (χ0n) is 15.1. The van der Waals surface area contributed by atoms with Gasteiger partial charge in [0.05, 0.1) is 18.8 Å². The Kier molecular flexibility index (Phi) is 9.63. The van der Waals surface area contributed by atoms with E-state index in [2.05, 4.69) is 35.4 Å². The lowest BCUT2D eigenvalue weighted by Crippen LogP contribution is -2.38. The van der Waals surface area contributed by atoms with Gasteiger partial charge in [-0.15, -0.1) is 24.8 Å². The number of hydrogen-bond acceptors (Lipinski definition) is 3. The maximum absolute atomic E-state index is 12.7. The number of nitrogens with one attached hydrogen (secondary N) is 1. The van der Waals surface area contributed by atoms with Crippen LogP contribution >= 0.6 is 24.8 Å². The maximum atomic E-state index is 12.7. The van der Waals surface area contributed by atoms with Crippen molar-refractivity contribution < 1.29 is 4.79 Å². The van der Waals surface area contributed by atoms with Gasteiger partial charge in [-0.05, 0) is 49.9 Å². The maximum Gasteiger partial charge on any atom is 0.237 e. The van der Waals surface area contributed by atoms with Crippen LogP contribution in [0.15, 0.2) is 48.7 Å². The first kappa shape index (κ1) is 22.4. The van der Waals surface area contributed by atoms with Crippen LogP contribution in [-0.4, -0.2) is 28.9 Å². The highest BCUT2D eigenvalue weighted by atomic mass is 35.5. The molecule has 1 fully saturated rings. The Morgan fingerprint density at radius 3 is 2.62 bits per heavy atom. The molecule has 1 aromatic carbocycles. The summed E-state index contributed by atoms with van der Waals surface area (Å²) in [5, 5.41) is 3.30. The Balaban J connectivity index is 0.00000169. The highest BCUT2D eigenvalue weighted by Crippen LogP contribution is 2.27. The summed E-state index contributed by atoms with van der Waals surface area (Å²) < 4.78 is 0. The summed E-state index contributed by atoms with van der Waals surface area (Å²) in [6.45, 7) is 4.58. The third-order valence-corrected chi connectivity index (χ3v) is 4.29. The van der Waals surface area contributed by atoms with Crippen LogP contribution in [0.2, 0.25) is 0 Å². The standard InChI is InChI=1S/C20H25N3O.2ClH/c1-16-5-4-6-18(11-16)14-23(15-19-7-2-3-10-22-19)20(24)13-21-12-17-8-9-17;;/h2-7,10-11,17,21H,8-9,12-15H2,1H3;2*1H. The molecule has 0 spiro atoms. The van der Waals surface area contributed by atoms with Gasteiger partial charge in [-0.3, -0.25) is 9.78 Å². The molecule has 0 saturated heterocycles. The number of aryl methyl sites for hydroxylation is 1. The number of nitrogens with zero attached hydrogens (tertiary/aromatic N) is 2. The predicted octanol–water partition coefficient (Wildman–Crippen LogP) is 3.76. The van der Waals surface area contributed by atoms with Gasteiger partial charge in [0.1, 0.15) is 0 Å². The van der Waals surface area contributed by atoms with Gasteiger partial charge in [0.2, 0.25) is 5.91 Å². The first-order valence-electron chi connectivity index (χ1n) is 8.64. The fraction of sp³-hybridized carbons (Fsp3) is 0.400. The van der Waals surface area contributed by atoms with Crippen molar-refractivity contribution in [3.63, 3.8) is 0 Å². The summed E-state index contributed by atoms with van der Waals surface area (Å²) in [6, 6.07) is 14.1. The van der Waals surface area contributed by atoms with Crippen LogP contribution in [0.1, 0.15) is 29.7 Å². The average Bonchev–Trinajstić information content (AvgIpc) is 3.39. The van der Waals surface area contributed by atoms with E-state index >= 15 is 0 Å². The molecule has 0 aliphatic heterocycles. The lowest BCUT2D eigenvalue weighted by atomic mass is 10.1. The lowest BCUT2D eigenvalue weighted by molar-refractivity contribution is -0.131. The first-order chi connectivity index (χ1) is 11.7. The van der Waals surface area contributed by atoms with Gasteiger partial charge >= 0.3 is 0 Å². The second-order valence-corrected chi connectivity index (χ2v) is 6.63. The number of amides is 1. The van der Waals surface area contributed by atoms with E-state index in [4.69, 9.17) is 0 Å². The van der Waals surface area contributed by atoms with Crippen molar-refractivity contribution in [2.45, 2.75) is 32.9 Å². The van der Waals surface area contributed by atoms with Gasteiger partial charge in [-0.2, -0.15) is 0 Å². The van der Waals surface area contributed by atoms with Crippen LogP contribution in [0.3, 0.4) is 0 Å². The molecule has 1 saturated carbocycles. The number of rotatable bonds is 8. The average molecular weight is 396 g/mol. The number of benzene rings is 1. The van der Waals surface area contributed by atoms with Crippen molar-refractivity contribution in [3.8, 4) is 0 Å². The SMILES string of the molecule is Cc1cccc(CN(Cc2ccccn2)C(=O)CNCC2CC2)c1.Cl.Cl. The Labute approximate surface area is 168 Å². The van der Waals surface area contributed by atoms with Crippen molar-refractivity contribution in [1.29, 1.82) is 0 Å². The topological polar surface area (TPSA) is 45.2 Å². The third-order valence-electron chi connectivity index (χ3n) is 4.29. The Morgan fingerprint density at radius 2 is 1.96 bits per heavy atom. The summed E-state index contributed by atoms with van der Waals surface area (Å²) in [6.07, 6.45) is 4.36. The van der Waals surface area contributed by atoms with Gasteiger partial charge in [0.25, 0.3) is 0 Å². The molecule has 0 bridgehead atoms. The van der Waals surface area contributed by atoms with E-state index in [-0.39, 0.29) is 30.7 Å². The van der Waals surface area contributed by atoms with Crippen molar-refractivity contribution in [1.82, 2.24) is 15.2 Å². The second kappa shape index (κ2) is 11.2. The quantitative estimate of drug-likeness (QED) is 0.739. The zero-order chi connectivity index (χ0) is 16.8. The largest absolute Gasteiger partial charge is 0.331 e. The van der Waals surface area contributed by atoms with E-state index in [1.54, 1.807) is 6.20 Å². The minimum absolute atomic E-state index is 0. The number of hydrogen-bond donors (Lipinski definition) is 1. The molecular weight excluding hydrogens is 369 g/mol. The molecule has 1 aliphatic rings. The second-order valence-electron chi connectivity index (χ2n) is 6.63. The number of pyridine rings is 1. The van der Waals surface area contributed by atoms with Gasteiger partial charge in [0, 0.05) is 12.7 Å². The molecule has 3 rings (SSSR count). The molecule has 26 heavy (non-hydrogen) atoms. The molecular formula is C20H27Cl2N3O. The third kappa shape index (κ3) is 7.32. The molecule has 1 aromatic heterocycles. The molecule has 4 nitrogen and oxygen atoms in total. The number of aromatic nitrogens is 1.